The van der Waals surface area contributed by atoms with Gasteiger partial charge < -0.3 is 10.4 Å². The zero-order valence-electron chi connectivity index (χ0n) is 10.8. The first kappa shape index (κ1) is 15.7. The van der Waals surface area contributed by atoms with Crippen LogP contribution in [-0.2, 0) is 9.59 Å². The van der Waals surface area contributed by atoms with Crippen LogP contribution in [-0.4, -0.2) is 23.5 Å². The molecule has 17 heavy (non-hydrogen) atoms. The van der Waals surface area contributed by atoms with Crippen molar-refractivity contribution in [2.45, 2.75) is 46.0 Å². The Bertz CT molecular complexity index is 272. The lowest BCUT2D eigenvalue weighted by Gasteiger charge is -2.09. The van der Waals surface area contributed by atoms with Crippen molar-refractivity contribution in [3.63, 3.8) is 0 Å². The summed E-state index contributed by atoms with van der Waals surface area (Å²) in [5.41, 5.74) is 0.616. The Morgan fingerprint density at radius 1 is 1.24 bits per heavy atom. The molecule has 0 radical (unpaired) electrons. The van der Waals surface area contributed by atoms with Crippen molar-refractivity contribution in [1.29, 1.82) is 0 Å². The highest BCUT2D eigenvalue weighted by Crippen LogP contribution is 2.08. The number of unbranched alkanes of at least 4 members (excludes halogenated alkanes) is 2. The Balaban J connectivity index is 3.51. The van der Waals surface area contributed by atoms with Gasteiger partial charge in [-0.2, -0.15) is 0 Å². The van der Waals surface area contributed by atoms with Gasteiger partial charge in [0.25, 0.3) is 0 Å². The molecule has 0 fully saturated rings. The Kier molecular flexibility index (Phi) is 8.11. The summed E-state index contributed by atoms with van der Waals surface area (Å²) in [6, 6.07) is 0. The van der Waals surface area contributed by atoms with Gasteiger partial charge in [0.2, 0.25) is 5.91 Å². The van der Waals surface area contributed by atoms with Crippen molar-refractivity contribution in [2.75, 3.05) is 6.54 Å². The van der Waals surface area contributed by atoms with E-state index in [1.807, 2.05) is 13.8 Å². The summed E-state index contributed by atoms with van der Waals surface area (Å²) in [5.74, 6) is -0.417. The largest absolute Gasteiger partial charge is 0.481 e. The molecular formula is C13H23NO3. The molecule has 0 aliphatic heterocycles. The summed E-state index contributed by atoms with van der Waals surface area (Å²) in [6.07, 6.45) is 3.22. The van der Waals surface area contributed by atoms with Crippen LogP contribution in [0, 0.1) is 5.92 Å². The number of carbonyl (C=O) groups is 2. The van der Waals surface area contributed by atoms with Gasteiger partial charge in [-0.25, -0.2) is 0 Å². The van der Waals surface area contributed by atoms with Crippen LogP contribution < -0.4 is 5.32 Å². The van der Waals surface area contributed by atoms with Gasteiger partial charge in [0.05, 0.1) is 0 Å². The lowest BCUT2D eigenvalue weighted by atomic mass is 10.0. The third kappa shape index (κ3) is 9.60. The molecule has 0 saturated heterocycles. The van der Waals surface area contributed by atoms with Crippen LogP contribution in [0.25, 0.3) is 0 Å². The zero-order chi connectivity index (χ0) is 13.3. The minimum atomic E-state index is -0.764. The van der Waals surface area contributed by atoms with E-state index in [1.165, 1.54) is 0 Å². The number of hydrogen-bond donors (Lipinski definition) is 2. The van der Waals surface area contributed by atoms with Crippen molar-refractivity contribution in [3.05, 3.63) is 12.2 Å². The third-order valence-corrected chi connectivity index (χ3v) is 2.33. The van der Waals surface area contributed by atoms with Crippen molar-refractivity contribution >= 4 is 11.9 Å². The van der Waals surface area contributed by atoms with Gasteiger partial charge in [-0.3, -0.25) is 9.59 Å². The van der Waals surface area contributed by atoms with Gasteiger partial charge in [-0.15, -0.1) is 0 Å². The van der Waals surface area contributed by atoms with Crippen LogP contribution in [0.4, 0.5) is 0 Å². The van der Waals surface area contributed by atoms with Crippen LogP contribution in [0.1, 0.15) is 46.0 Å². The molecule has 0 aromatic carbocycles. The molecule has 0 unspecified atom stereocenters. The van der Waals surface area contributed by atoms with E-state index in [0.717, 1.165) is 12.8 Å². The van der Waals surface area contributed by atoms with Gasteiger partial charge >= 0.3 is 5.97 Å². The summed E-state index contributed by atoms with van der Waals surface area (Å²) in [4.78, 5) is 21.8. The first-order chi connectivity index (χ1) is 7.93. The second kappa shape index (κ2) is 8.79. The van der Waals surface area contributed by atoms with E-state index < -0.39 is 5.97 Å². The van der Waals surface area contributed by atoms with E-state index in [2.05, 4.69) is 11.9 Å². The Morgan fingerprint density at radius 3 is 2.41 bits per heavy atom. The second-order valence-electron chi connectivity index (χ2n) is 4.66. The van der Waals surface area contributed by atoms with E-state index in [4.69, 9.17) is 5.11 Å². The fraction of sp³-hybridized carbons (Fsp3) is 0.692. The van der Waals surface area contributed by atoms with Gasteiger partial charge in [-0.1, -0.05) is 26.8 Å². The topological polar surface area (TPSA) is 66.4 Å². The highest BCUT2D eigenvalue weighted by molar-refractivity contribution is 5.92. The summed E-state index contributed by atoms with van der Waals surface area (Å²) in [5, 5.41) is 11.2. The Morgan fingerprint density at radius 2 is 1.88 bits per heavy atom. The van der Waals surface area contributed by atoms with Crippen molar-refractivity contribution in [1.82, 2.24) is 5.32 Å². The highest BCUT2D eigenvalue weighted by atomic mass is 16.4. The molecule has 0 bridgehead atoms. The Labute approximate surface area is 103 Å². The molecule has 4 nitrogen and oxygen atoms in total. The van der Waals surface area contributed by atoms with Crippen molar-refractivity contribution in [3.8, 4) is 0 Å². The van der Waals surface area contributed by atoms with E-state index >= 15 is 0 Å². The summed E-state index contributed by atoms with van der Waals surface area (Å²) in [7, 11) is 0. The first-order valence-electron chi connectivity index (χ1n) is 6.11. The quantitative estimate of drug-likeness (QED) is 0.481. The van der Waals surface area contributed by atoms with Gasteiger partial charge in [0, 0.05) is 18.5 Å². The summed E-state index contributed by atoms with van der Waals surface area (Å²) in [6.45, 7) is 8.43. The Hall–Kier alpha value is -1.32. The maximum atomic E-state index is 11.5. The number of nitrogens with one attached hydrogen (secondary N) is 1. The van der Waals surface area contributed by atoms with Gasteiger partial charge in [0.15, 0.2) is 0 Å². The SMILES string of the molecule is C=C(CC(C)C)C(=O)NCCCCCC(=O)O. The molecule has 4 heteroatoms. The molecule has 0 aromatic heterocycles. The number of aliphatic carboxylic acids is 1. The predicted octanol–water partition coefficient (Wildman–Crippen LogP) is 2.35. The number of rotatable bonds is 9. The molecule has 0 spiro atoms. The lowest BCUT2D eigenvalue weighted by Crippen LogP contribution is -2.26. The molecular weight excluding hydrogens is 218 g/mol. The standard InChI is InChI=1S/C13H23NO3/c1-10(2)9-11(3)13(17)14-8-6-4-5-7-12(15)16/h10H,3-9H2,1-2H3,(H,14,17)(H,15,16). The molecule has 0 aliphatic carbocycles. The normalized spacial score (nSPS) is 10.3. The fourth-order valence-electron chi connectivity index (χ4n) is 1.49. The zero-order valence-corrected chi connectivity index (χ0v) is 10.8. The maximum absolute atomic E-state index is 11.5. The monoisotopic (exact) mass is 241 g/mol. The van der Waals surface area contributed by atoms with Crippen LogP contribution >= 0.6 is 0 Å². The van der Waals surface area contributed by atoms with Gasteiger partial charge in [-0.05, 0) is 25.2 Å². The van der Waals surface area contributed by atoms with Gasteiger partial charge in [0.1, 0.15) is 0 Å². The number of amides is 1. The average Bonchev–Trinajstić information content (AvgIpc) is 2.21. The molecule has 1 amide bonds. The molecule has 0 heterocycles. The average molecular weight is 241 g/mol. The first-order valence-corrected chi connectivity index (χ1v) is 6.11. The molecule has 0 saturated carbocycles. The summed E-state index contributed by atoms with van der Waals surface area (Å²) < 4.78 is 0. The summed E-state index contributed by atoms with van der Waals surface area (Å²) >= 11 is 0. The lowest BCUT2D eigenvalue weighted by molar-refractivity contribution is -0.137. The predicted molar refractivity (Wildman–Crippen MR) is 67.7 cm³/mol. The van der Waals surface area contributed by atoms with Crippen molar-refractivity contribution in [2.24, 2.45) is 5.92 Å². The number of carboxylic acids is 1. The maximum Gasteiger partial charge on any atom is 0.303 e. The molecule has 0 aromatic rings. The number of carbonyl (C=O) groups excluding carboxylic acids is 1. The van der Waals surface area contributed by atoms with Crippen LogP contribution in [0.2, 0.25) is 0 Å². The van der Waals surface area contributed by atoms with E-state index in [1.54, 1.807) is 0 Å². The van der Waals surface area contributed by atoms with Crippen molar-refractivity contribution < 1.29 is 14.7 Å². The van der Waals surface area contributed by atoms with E-state index in [-0.39, 0.29) is 12.3 Å². The highest BCUT2D eigenvalue weighted by Gasteiger charge is 2.07. The second-order valence-corrected chi connectivity index (χ2v) is 4.66. The van der Waals surface area contributed by atoms with E-state index in [9.17, 15) is 9.59 Å². The molecule has 2 N–H and O–H groups in total. The third-order valence-electron chi connectivity index (χ3n) is 2.33. The van der Waals surface area contributed by atoms with Crippen LogP contribution in [0.3, 0.4) is 0 Å². The molecule has 0 aliphatic rings. The van der Waals surface area contributed by atoms with Crippen LogP contribution in [0.5, 0.6) is 0 Å². The number of carboxylic acid groups (broad SMARTS) is 1. The minimum Gasteiger partial charge on any atom is -0.481 e. The minimum absolute atomic E-state index is 0.0862. The number of hydrogen-bond acceptors (Lipinski definition) is 2. The smallest absolute Gasteiger partial charge is 0.303 e. The fourth-order valence-corrected chi connectivity index (χ4v) is 1.49. The van der Waals surface area contributed by atoms with Crippen LogP contribution in [0.15, 0.2) is 12.2 Å². The molecule has 0 atom stereocenters. The molecule has 0 rings (SSSR count). The van der Waals surface area contributed by atoms with E-state index in [0.29, 0.717) is 30.9 Å². The molecule has 98 valence electrons.